The summed E-state index contributed by atoms with van der Waals surface area (Å²) in [5.41, 5.74) is 0.956. The number of nitrogens with zero attached hydrogens (tertiary/aromatic N) is 4. The smallest absolute Gasteiger partial charge is 0.282 e. The number of amides is 1. The molecule has 1 aliphatic heterocycles. The molecule has 2 aromatic carbocycles. The topological polar surface area (TPSA) is 95.2 Å². The maximum absolute atomic E-state index is 13.4. The second-order valence-electron chi connectivity index (χ2n) is 8.85. The van der Waals surface area contributed by atoms with E-state index in [2.05, 4.69) is 21.0 Å². The van der Waals surface area contributed by atoms with Crippen molar-refractivity contribution in [2.45, 2.75) is 33.1 Å². The third-order valence-electron chi connectivity index (χ3n) is 6.24. The summed E-state index contributed by atoms with van der Waals surface area (Å²) in [4.78, 5) is 32.4. The molecule has 0 spiro atoms. The zero-order valence-electron chi connectivity index (χ0n) is 21.6. The summed E-state index contributed by atoms with van der Waals surface area (Å²) >= 11 is 9.98. The number of carbonyl (C=O) groups excluding carboxylic acids is 1. The Kier molecular flexibility index (Phi) is 9.40. The van der Waals surface area contributed by atoms with E-state index in [1.54, 1.807) is 23.1 Å². The lowest BCUT2D eigenvalue weighted by Crippen LogP contribution is -2.43. The molecule has 1 atom stereocenters. The fourth-order valence-corrected chi connectivity index (χ4v) is 4.64. The SMILES string of the molecule is CCOc1cc(C=Nn2c([C@@H](C)CC)nc3ccc(Br)cc3c2=O)cc(Cl)c1OCC(=O)N1CCOCC1. The van der Waals surface area contributed by atoms with Crippen LogP contribution in [0.15, 0.2) is 44.7 Å². The lowest BCUT2D eigenvalue weighted by molar-refractivity contribution is -0.137. The van der Waals surface area contributed by atoms with Crippen molar-refractivity contribution in [2.24, 2.45) is 5.10 Å². The van der Waals surface area contributed by atoms with Crippen LogP contribution >= 0.6 is 27.5 Å². The van der Waals surface area contributed by atoms with Gasteiger partial charge in [-0.1, -0.05) is 41.4 Å². The van der Waals surface area contributed by atoms with Gasteiger partial charge in [-0.25, -0.2) is 4.98 Å². The number of hydrogen-bond acceptors (Lipinski definition) is 7. The highest BCUT2D eigenvalue weighted by molar-refractivity contribution is 9.10. The molecule has 38 heavy (non-hydrogen) atoms. The second kappa shape index (κ2) is 12.7. The van der Waals surface area contributed by atoms with Crippen LogP contribution in [0.5, 0.6) is 11.5 Å². The molecule has 0 saturated carbocycles. The second-order valence-corrected chi connectivity index (χ2v) is 10.2. The fraction of sp³-hybridized carbons (Fsp3) is 0.407. The van der Waals surface area contributed by atoms with Crippen molar-refractivity contribution in [2.75, 3.05) is 39.5 Å². The van der Waals surface area contributed by atoms with Gasteiger partial charge in [-0.05, 0) is 49.2 Å². The largest absolute Gasteiger partial charge is 0.490 e. The number of rotatable bonds is 9. The third-order valence-corrected chi connectivity index (χ3v) is 7.02. The van der Waals surface area contributed by atoms with Crippen LogP contribution in [0, 0.1) is 0 Å². The lowest BCUT2D eigenvalue weighted by atomic mass is 10.1. The summed E-state index contributed by atoms with van der Waals surface area (Å²) in [5.74, 6) is 1.09. The maximum atomic E-state index is 13.4. The standard InChI is InChI=1S/C27H30BrClN4O5/c1-4-17(3)26-31-22-7-6-19(28)14-20(22)27(35)33(26)30-15-18-12-21(29)25(23(13-18)37-5-2)38-16-24(34)32-8-10-36-11-9-32/h6-7,12-15,17H,4-5,8-11,16H2,1-3H3/t17-/m0/s1. The molecule has 1 aromatic heterocycles. The Balaban J connectivity index is 1.65. The molecule has 0 N–H and O–H groups in total. The van der Waals surface area contributed by atoms with Gasteiger partial charge in [0.25, 0.3) is 11.5 Å². The van der Waals surface area contributed by atoms with E-state index in [0.717, 1.165) is 10.9 Å². The van der Waals surface area contributed by atoms with Gasteiger partial charge < -0.3 is 19.1 Å². The van der Waals surface area contributed by atoms with E-state index in [1.807, 2.05) is 32.9 Å². The van der Waals surface area contributed by atoms with Crippen LogP contribution in [0.1, 0.15) is 44.5 Å². The molecule has 1 saturated heterocycles. The van der Waals surface area contributed by atoms with Gasteiger partial charge in [0.1, 0.15) is 5.82 Å². The molecule has 11 heteroatoms. The Hall–Kier alpha value is -2.95. The Morgan fingerprint density at radius 3 is 2.71 bits per heavy atom. The number of halogens is 2. The molecule has 4 rings (SSSR count). The minimum Gasteiger partial charge on any atom is -0.490 e. The van der Waals surface area contributed by atoms with Crippen molar-refractivity contribution < 1.29 is 19.0 Å². The molecule has 3 aromatic rings. The third kappa shape index (κ3) is 6.36. The van der Waals surface area contributed by atoms with Crippen LogP contribution < -0.4 is 15.0 Å². The molecule has 0 radical (unpaired) electrons. The van der Waals surface area contributed by atoms with Crippen LogP contribution in [-0.4, -0.2) is 66.2 Å². The molecule has 0 bridgehead atoms. The fourth-order valence-electron chi connectivity index (χ4n) is 4.01. The number of hydrogen-bond donors (Lipinski definition) is 0. The predicted octanol–water partition coefficient (Wildman–Crippen LogP) is 4.84. The summed E-state index contributed by atoms with van der Waals surface area (Å²) in [6.45, 7) is 8.16. The average molecular weight is 606 g/mol. The van der Waals surface area contributed by atoms with Crippen molar-refractivity contribution in [1.82, 2.24) is 14.6 Å². The van der Waals surface area contributed by atoms with E-state index in [9.17, 15) is 9.59 Å². The van der Waals surface area contributed by atoms with Gasteiger partial charge in [-0.15, -0.1) is 0 Å². The average Bonchev–Trinajstić information content (AvgIpc) is 2.92. The zero-order chi connectivity index (χ0) is 27.2. The molecule has 202 valence electrons. The molecular weight excluding hydrogens is 576 g/mol. The van der Waals surface area contributed by atoms with Crippen LogP contribution in [0.4, 0.5) is 0 Å². The highest BCUT2D eigenvalue weighted by Gasteiger charge is 2.20. The molecule has 1 aliphatic rings. The van der Waals surface area contributed by atoms with Gasteiger partial charge >= 0.3 is 0 Å². The molecule has 0 unspecified atom stereocenters. The van der Waals surface area contributed by atoms with E-state index in [1.165, 1.54) is 10.9 Å². The van der Waals surface area contributed by atoms with Gasteiger partial charge in [0.05, 0.1) is 42.0 Å². The summed E-state index contributed by atoms with van der Waals surface area (Å²) in [6.07, 6.45) is 2.33. The van der Waals surface area contributed by atoms with E-state index in [-0.39, 0.29) is 34.8 Å². The van der Waals surface area contributed by atoms with Crippen LogP contribution in [-0.2, 0) is 9.53 Å². The molecule has 0 aliphatic carbocycles. The Morgan fingerprint density at radius 1 is 1.24 bits per heavy atom. The van der Waals surface area contributed by atoms with Gasteiger partial charge in [0.2, 0.25) is 0 Å². The molecule has 1 amide bonds. The highest BCUT2D eigenvalue weighted by atomic mass is 79.9. The van der Waals surface area contributed by atoms with Gasteiger partial charge in [-0.2, -0.15) is 9.78 Å². The van der Waals surface area contributed by atoms with Crippen LogP contribution in [0.25, 0.3) is 10.9 Å². The number of benzene rings is 2. The van der Waals surface area contributed by atoms with Crippen LogP contribution in [0.3, 0.4) is 0 Å². The Morgan fingerprint density at radius 2 is 2.00 bits per heavy atom. The summed E-state index contributed by atoms with van der Waals surface area (Å²) in [7, 11) is 0. The number of aromatic nitrogens is 2. The summed E-state index contributed by atoms with van der Waals surface area (Å²) < 4.78 is 19.0. The minimum atomic E-state index is -0.263. The van der Waals surface area contributed by atoms with Crippen molar-refractivity contribution in [1.29, 1.82) is 0 Å². The molecule has 2 heterocycles. The van der Waals surface area contributed by atoms with Crippen LogP contribution in [0.2, 0.25) is 5.02 Å². The first-order valence-corrected chi connectivity index (χ1v) is 13.7. The first-order chi connectivity index (χ1) is 18.3. The van der Waals surface area contributed by atoms with E-state index >= 15 is 0 Å². The van der Waals surface area contributed by atoms with Crippen molar-refractivity contribution in [3.8, 4) is 11.5 Å². The number of ether oxygens (including phenoxy) is 3. The van der Waals surface area contributed by atoms with E-state index in [4.69, 9.17) is 30.8 Å². The van der Waals surface area contributed by atoms with Crippen molar-refractivity contribution in [3.63, 3.8) is 0 Å². The monoisotopic (exact) mass is 604 g/mol. The van der Waals surface area contributed by atoms with E-state index < -0.39 is 0 Å². The predicted molar refractivity (Wildman–Crippen MR) is 151 cm³/mol. The Labute approximate surface area is 234 Å². The van der Waals surface area contributed by atoms with Gasteiger partial charge in [0, 0.05) is 23.5 Å². The van der Waals surface area contributed by atoms with E-state index in [0.29, 0.717) is 61.0 Å². The number of fused-ring (bicyclic) bond motifs is 1. The summed E-state index contributed by atoms with van der Waals surface area (Å²) in [5, 5.41) is 5.24. The molecule has 9 nitrogen and oxygen atoms in total. The maximum Gasteiger partial charge on any atom is 0.282 e. The normalized spacial score (nSPS) is 14.7. The minimum absolute atomic E-state index is 0.00949. The zero-order valence-corrected chi connectivity index (χ0v) is 23.9. The summed E-state index contributed by atoms with van der Waals surface area (Å²) in [6, 6.07) is 8.79. The van der Waals surface area contributed by atoms with Crippen molar-refractivity contribution >= 4 is 50.6 Å². The lowest BCUT2D eigenvalue weighted by Gasteiger charge is -2.27. The molecular formula is C27H30BrClN4O5. The van der Waals surface area contributed by atoms with Gasteiger partial charge in [0.15, 0.2) is 18.1 Å². The number of carbonyl (C=O) groups is 1. The van der Waals surface area contributed by atoms with Crippen molar-refractivity contribution in [3.05, 3.63) is 61.6 Å². The number of morpholine rings is 1. The first kappa shape index (κ1) is 28.1. The first-order valence-electron chi connectivity index (χ1n) is 12.5. The quantitative estimate of drug-likeness (QED) is 0.324. The Bertz CT molecular complexity index is 1400. The molecule has 1 fully saturated rings. The highest BCUT2D eigenvalue weighted by Crippen LogP contribution is 2.36. The van der Waals surface area contributed by atoms with Gasteiger partial charge in [-0.3, -0.25) is 9.59 Å².